The monoisotopic (exact) mass is 603 g/mol. The van der Waals surface area contributed by atoms with Crippen molar-refractivity contribution in [2.24, 2.45) is 0 Å². The van der Waals surface area contributed by atoms with E-state index in [1.165, 1.54) is 21.9 Å². The van der Waals surface area contributed by atoms with Crippen LogP contribution in [-0.2, 0) is 0 Å². The number of benzene rings is 5. The van der Waals surface area contributed by atoms with Crippen LogP contribution in [0.15, 0.2) is 153 Å². The molecule has 3 heteroatoms. The highest BCUT2D eigenvalue weighted by Gasteiger charge is 2.19. The molecule has 0 aliphatic heterocycles. The first-order valence-electron chi connectivity index (χ1n) is 15.9. The average Bonchev–Trinajstić information content (AvgIpc) is 3.67. The van der Waals surface area contributed by atoms with E-state index in [4.69, 9.17) is 4.98 Å². The standard InChI is InChI=1S/C44H33N3/c1-5-14-29(15-6-2)31-20-24-41-36(26-31)37-27-32(30-16-10-9-11-17-30)21-25-42(37)46(41)33-22-23-35-34(7-3)40(8-4)47-43-19-13-12-18-39(43)45-44(47)38(35)28-33/h5-28H,1,3-4H2,2H3/b15-6-,29-14+. The lowest BCUT2D eigenvalue weighted by atomic mass is 10.00. The van der Waals surface area contributed by atoms with Gasteiger partial charge in [0, 0.05) is 27.4 Å². The molecule has 47 heavy (non-hydrogen) atoms. The number of fused-ring (bicyclic) bond motifs is 8. The van der Waals surface area contributed by atoms with Gasteiger partial charge in [-0.25, -0.2) is 4.98 Å². The molecule has 0 aliphatic carbocycles. The minimum absolute atomic E-state index is 0.906. The van der Waals surface area contributed by atoms with Gasteiger partial charge in [-0.2, -0.15) is 0 Å². The zero-order valence-corrected chi connectivity index (χ0v) is 26.3. The van der Waals surface area contributed by atoms with Crippen molar-refractivity contribution in [2.75, 3.05) is 0 Å². The van der Waals surface area contributed by atoms with Crippen LogP contribution in [0.1, 0.15) is 23.7 Å². The first kappa shape index (κ1) is 28.3. The number of imidazole rings is 1. The predicted octanol–water partition coefficient (Wildman–Crippen LogP) is 11.8. The summed E-state index contributed by atoms with van der Waals surface area (Å²) in [7, 11) is 0. The number of allylic oxidation sites excluding steroid dienone is 5. The Morgan fingerprint density at radius 1 is 0.660 bits per heavy atom. The number of hydrogen-bond donors (Lipinski definition) is 0. The topological polar surface area (TPSA) is 22.2 Å². The van der Waals surface area contributed by atoms with E-state index in [1.54, 1.807) is 0 Å². The Labute approximate surface area is 274 Å². The molecule has 3 aromatic heterocycles. The summed E-state index contributed by atoms with van der Waals surface area (Å²) in [5.74, 6) is 0. The van der Waals surface area contributed by atoms with Crippen molar-refractivity contribution in [3.8, 4) is 16.8 Å². The molecule has 224 valence electrons. The first-order chi connectivity index (χ1) is 23.1. The van der Waals surface area contributed by atoms with E-state index in [0.717, 1.165) is 66.6 Å². The third kappa shape index (κ3) is 4.39. The molecule has 0 amide bonds. The summed E-state index contributed by atoms with van der Waals surface area (Å²) in [4.78, 5) is 5.14. The van der Waals surface area contributed by atoms with Crippen molar-refractivity contribution in [1.29, 1.82) is 0 Å². The second kappa shape index (κ2) is 11.3. The first-order valence-corrected chi connectivity index (χ1v) is 15.9. The largest absolute Gasteiger partial charge is 0.309 e. The molecule has 0 N–H and O–H groups in total. The summed E-state index contributed by atoms with van der Waals surface area (Å²) in [5, 5.41) is 4.56. The molecule has 8 aromatic rings. The highest BCUT2D eigenvalue weighted by atomic mass is 15.0. The molecule has 0 saturated heterocycles. The molecule has 0 spiro atoms. The third-order valence-corrected chi connectivity index (χ3v) is 9.12. The van der Waals surface area contributed by atoms with Gasteiger partial charge in [-0.1, -0.05) is 111 Å². The molecule has 0 bridgehead atoms. The quantitative estimate of drug-likeness (QED) is 0.166. The predicted molar refractivity (Wildman–Crippen MR) is 203 cm³/mol. The van der Waals surface area contributed by atoms with Gasteiger partial charge in [0.15, 0.2) is 0 Å². The molecular formula is C44H33N3. The molecule has 0 unspecified atom stereocenters. The van der Waals surface area contributed by atoms with Crippen LogP contribution in [0.2, 0.25) is 0 Å². The van der Waals surface area contributed by atoms with Gasteiger partial charge < -0.3 is 4.57 Å². The second-order valence-electron chi connectivity index (χ2n) is 11.7. The molecule has 0 saturated carbocycles. The second-order valence-corrected chi connectivity index (χ2v) is 11.7. The molecule has 0 aliphatic rings. The van der Waals surface area contributed by atoms with Crippen LogP contribution < -0.4 is 0 Å². The van der Waals surface area contributed by atoms with Crippen LogP contribution >= 0.6 is 0 Å². The Balaban J connectivity index is 1.46. The zero-order valence-electron chi connectivity index (χ0n) is 26.3. The van der Waals surface area contributed by atoms with Crippen molar-refractivity contribution in [3.63, 3.8) is 0 Å². The Morgan fingerprint density at radius 2 is 1.43 bits per heavy atom. The van der Waals surface area contributed by atoms with Crippen LogP contribution in [0.4, 0.5) is 0 Å². The van der Waals surface area contributed by atoms with Gasteiger partial charge in [0.25, 0.3) is 0 Å². The van der Waals surface area contributed by atoms with Gasteiger partial charge in [-0.15, -0.1) is 0 Å². The number of hydrogen-bond acceptors (Lipinski definition) is 1. The fraction of sp³-hybridized carbons (Fsp3) is 0.0227. The maximum Gasteiger partial charge on any atom is 0.146 e. The number of para-hydroxylation sites is 2. The van der Waals surface area contributed by atoms with Gasteiger partial charge in [0.2, 0.25) is 0 Å². The Morgan fingerprint density at radius 3 is 2.19 bits per heavy atom. The number of rotatable bonds is 7. The van der Waals surface area contributed by atoms with Crippen LogP contribution in [0.3, 0.4) is 0 Å². The summed E-state index contributed by atoms with van der Waals surface area (Å²) in [6.45, 7) is 14.4. The molecule has 0 radical (unpaired) electrons. The van der Waals surface area contributed by atoms with E-state index in [1.807, 2.05) is 31.2 Å². The number of nitrogens with zero attached hydrogens (tertiary/aromatic N) is 3. The van der Waals surface area contributed by atoms with Crippen LogP contribution in [0, 0.1) is 0 Å². The SMILES string of the molecule is C=C/C=C(\C=C/C)c1ccc2c(c1)c1cc(-c3ccccc3)ccc1n2-c1ccc2c(C=C)c(C=C)n3c4ccccc4nc3c2c1. The number of pyridine rings is 1. The normalized spacial score (nSPS) is 12.2. The summed E-state index contributed by atoms with van der Waals surface area (Å²) in [6, 6.07) is 39.1. The highest BCUT2D eigenvalue weighted by Crippen LogP contribution is 2.39. The lowest BCUT2D eigenvalue weighted by Gasteiger charge is -2.15. The molecular weight excluding hydrogens is 571 g/mol. The molecule has 8 rings (SSSR count). The summed E-state index contributed by atoms with van der Waals surface area (Å²) >= 11 is 0. The van der Waals surface area contributed by atoms with Gasteiger partial charge in [0.05, 0.1) is 27.8 Å². The maximum atomic E-state index is 5.14. The fourth-order valence-electron chi connectivity index (χ4n) is 7.06. The van der Waals surface area contributed by atoms with E-state index in [-0.39, 0.29) is 0 Å². The number of aromatic nitrogens is 3. The molecule has 0 fully saturated rings. The third-order valence-electron chi connectivity index (χ3n) is 9.12. The van der Waals surface area contributed by atoms with E-state index in [9.17, 15) is 0 Å². The summed E-state index contributed by atoms with van der Waals surface area (Å²) < 4.78 is 4.59. The fourth-order valence-corrected chi connectivity index (χ4v) is 7.06. The van der Waals surface area contributed by atoms with Gasteiger partial charge >= 0.3 is 0 Å². The smallest absolute Gasteiger partial charge is 0.146 e. The van der Waals surface area contributed by atoms with Crippen molar-refractivity contribution in [2.45, 2.75) is 6.92 Å². The van der Waals surface area contributed by atoms with E-state index in [0.29, 0.717) is 0 Å². The lowest BCUT2D eigenvalue weighted by molar-refractivity contribution is 1.18. The van der Waals surface area contributed by atoms with Crippen molar-refractivity contribution in [1.82, 2.24) is 14.0 Å². The van der Waals surface area contributed by atoms with Crippen LogP contribution in [0.25, 0.3) is 83.8 Å². The van der Waals surface area contributed by atoms with E-state index >= 15 is 0 Å². The Kier molecular flexibility index (Phi) is 6.81. The highest BCUT2D eigenvalue weighted by molar-refractivity contribution is 6.12. The molecule has 5 aromatic carbocycles. The summed E-state index contributed by atoms with van der Waals surface area (Å²) in [5.41, 5.74) is 13.0. The van der Waals surface area contributed by atoms with E-state index < -0.39 is 0 Å². The summed E-state index contributed by atoms with van der Waals surface area (Å²) in [6.07, 6.45) is 12.0. The van der Waals surface area contributed by atoms with Gasteiger partial charge in [-0.05, 0) is 89.2 Å². The van der Waals surface area contributed by atoms with E-state index in [2.05, 4.69) is 150 Å². The van der Waals surface area contributed by atoms with Crippen LogP contribution in [-0.4, -0.2) is 14.0 Å². The van der Waals surface area contributed by atoms with Crippen LogP contribution in [0.5, 0.6) is 0 Å². The molecule has 0 atom stereocenters. The maximum absolute atomic E-state index is 5.14. The Hall–Kier alpha value is -6.19. The van der Waals surface area contributed by atoms with Crippen molar-refractivity contribution >= 4 is 67.0 Å². The average molecular weight is 604 g/mol. The van der Waals surface area contributed by atoms with Gasteiger partial charge in [-0.3, -0.25) is 4.40 Å². The Bertz CT molecular complexity index is 2620. The molecule has 3 nitrogen and oxygen atoms in total. The lowest BCUT2D eigenvalue weighted by Crippen LogP contribution is -1.99. The zero-order chi connectivity index (χ0) is 32.1. The van der Waals surface area contributed by atoms with Gasteiger partial charge in [0.1, 0.15) is 5.65 Å². The van der Waals surface area contributed by atoms with Crippen molar-refractivity contribution < 1.29 is 0 Å². The molecule has 3 heterocycles. The minimum atomic E-state index is 0.906. The minimum Gasteiger partial charge on any atom is -0.309 e. The van der Waals surface area contributed by atoms with Crippen molar-refractivity contribution in [3.05, 3.63) is 170 Å².